The maximum atomic E-state index is 12.1. The van der Waals surface area contributed by atoms with Crippen LogP contribution in [0.3, 0.4) is 0 Å². The number of aliphatic hydroxyl groups is 1. The van der Waals surface area contributed by atoms with Crippen LogP contribution in [0.25, 0.3) is 11.3 Å². The molecule has 2 aromatic rings. The second kappa shape index (κ2) is 6.96. The van der Waals surface area contributed by atoms with E-state index in [0.717, 1.165) is 5.56 Å². The van der Waals surface area contributed by atoms with Gasteiger partial charge in [0.05, 0.1) is 11.8 Å². The zero-order valence-corrected chi connectivity index (χ0v) is 14.2. The largest absolute Gasteiger partial charge is 0.441 e. The molecule has 1 amide bonds. The summed E-state index contributed by atoms with van der Waals surface area (Å²) in [5.41, 5.74) is 1.26. The molecule has 0 aliphatic rings. The highest BCUT2D eigenvalue weighted by molar-refractivity contribution is 5.76. The summed E-state index contributed by atoms with van der Waals surface area (Å²) in [5.74, 6) is 1.21. The number of oxazole rings is 1. The number of amides is 1. The topological polar surface area (TPSA) is 66.6 Å². The summed E-state index contributed by atoms with van der Waals surface area (Å²) in [5, 5.41) is 9.75. The van der Waals surface area contributed by atoms with E-state index in [9.17, 15) is 9.90 Å². The molecule has 0 saturated heterocycles. The van der Waals surface area contributed by atoms with Crippen LogP contribution in [-0.4, -0.2) is 40.1 Å². The van der Waals surface area contributed by atoms with Gasteiger partial charge in [-0.15, -0.1) is 0 Å². The fraction of sp³-hybridized carbons (Fsp3) is 0.444. The molecule has 1 heterocycles. The first-order valence-corrected chi connectivity index (χ1v) is 7.73. The molecule has 0 radical (unpaired) electrons. The van der Waals surface area contributed by atoms with Gasteiger partial charge in [0.25, 0.3) is 0 Å². The number of hydrogen-bond acceptors (Lipinski definition) is 4. The highest BCUT2D eigenvalue weighted by Crippen LogP contribution is 2.21. The summed E-state index contributed by atoms with van der Waals surface area (Å²) in [4.78, 5) is 17.8. The normalized spacial score (nSPS) is 11.5. The van der Waals surface area contributed by atoms with Crippen molar-refractivity contribution in [3.05, 3.63) is 41.9 Å². The van der Waals surface area contributed by atoms with Crippen molar-refractivity contribution >= 4 is 5.91 Å². The maximum Gasteiger partial charge on any atom is 0.222 e. The highest BCUT2D eigenvalue weighted by atomic mass is 16.4. The first kappa shape index (κ1) is 17.2. The minimum Gasteiger partial charge on any atom is -0.441 e. The molecule has 0 fully saturated rings. The predicted octanol–water partition coefficient (Wildman–Crippen LogP) is 2.81. The lowest BCUT2D eigenvalue weighted by molar-refractivity contribution is -0.132. The van der Waals surface area contributed by atoms with E-state index in [0.29, 0.717) is 31.0 Å². The number of hydrogen-bond donors (Lipinski definition) is 1. The number of rotatable bonds is 6. The number of carbonyl (C=O) groups excluding carboxylic acids is 1. The van der Waals surface area contributed by atoms with Crippen molar-refractivity contribution in [3.63, 3.8) is 0 Å². The van der Waals surface area contributed by atoms with Crippen LogP contribution in [0, 0.1) is 6.92 Å². The smallest absolute Gasteiger partial charge is 0.222 e. The molecule has 5 nitrogen and oxygen atoms in total. The average Bonchev–Trinajstić information content (AvgIpc) is 2.92. The third kappa shape index (κ3) is 5.21. The van der Waals surface area contributed by atoms with Gasteiger partial charge in [-0.05, 0) is 20.8 Å². The van der Waals surface area contributed by atoms with Crippen LogP contribution >= 0.6 is 0 Å². The van der Waals surface area contributed by atoms with Gasteiger partial charge in [0.2, 0.25) is 5.91 Å². The van der Waals surface area contributed by atoms with E-state index in [4.69, 9.17) is 4.42 Å². The van der Waals surface area contributed by atoms with Gasteiger partial charge in [-0.3, -0.25) is 4.79 Å². The second-order valence-corrected chi connectivity index (χ2v) is 6.55. The Morgan fingerprint density at radius 3 is 2.57 bits per heavy atom. The molecule has 1 aromatic heterocycles. The number of benzene rings is 1. The van der Waals surface area contributed by atoms with Crippen molar-refractivity contribution in [1.29, 1.82) is 0 Å². The number of nitrogens with zero attached hydrogens (tertiary/aromatic N) is 2. The van der Waals surface area contributed by atoms with Crippen molar-refractivity contribution in [2.45, 2.75) is 39.2 Å². The van der Waals surface area contributed by atoms with Gasteiger partial charge in [-0.2, -0.15) is 0 Å². The first-order chi connectivity index (χ1) is 10.7. The molecule has 0 saturated carbocycles. The molecule has 0 aliphatic heterocycles. The molecule has 5 heteroatoms. The molecule has 0 spiro atoms. The fourth-order valence-corrected chi connectivity index (χ4v) is 2.35. The van der Waals surface area contributed by atoms with E-state index in [-0.39, 0.29) is 5.91 Å². The van der Waals surface area contributed by atoms with Gasteiger partial charge in [-0.25, -0.2) is 4.98 Å². The van der Waals surface area contributed by atoms with Gasteiger partial charge in [0, 0.05) is 32.0 Å². The van der Waals surface area contributed by atoms with E-state index in [1.807, 2.05) is 31.2 Å². The third-order valence-electron chi connectivity index (χ3n) is 3.49. The third-order valence-corrected chi connectivity index (χ3v) is 3.49. The van der Waals surface area contributed by atoms with Crippen molar-refractivity contribution < 1.29 is 14.3 Å². The zero-order valence-electron chi connectivity index (χ0n) is 14.2. The Bertz CT molecular complexity index is 654. The summed E-state index contributed by atoms with van der Waals surface area (Å²) in [6, 6.07) is 8.02. The Morgan fingerprint density at radius 1 is 1.30 bits per heavy atom. The molecule has 0 bridgehead atoms. The van der Waals surface area contributed by atoms with E-state index in [1.54, 1.807) is 27.1 Å². The molecule has 0 unspecified atom stereocenters. The quantitative estimate of drug-likeness (QED) is 0.890. The van der Waals surface area contributed by atoms with Gasteiger partial charge >= 0.3 is 0 Å². The van der Waals surface area contributed by atoms with Gasteiger partial charge in [-0.1, -0.05) is 29.8 Å². The van der Waals surface area contributed by atoms with Crippen LogP contribution < -0.4 is 0 Å². The summed E-state index contributed by atoms with van der Waals surface area (Å²) in [6.07, 6.45) is 2.44. The molecule has 1 N–H and O–H groups in total. The first-order valence-electron chi connectivity index (χ1n) is 7.73. The molecule has 0 atom stereocenters. The van der Waals surface area contributed by atoms with Crippen molar-refractivity contribution in [2.75, 3.05) is 13.6 Å². The zero-order chi connectivity index (χ0) is 17.0. The average molecular weight is 316 g/mol. The summed E-state index contributed by atoms with van der Waals surface area (Å²) in [7, 11) is 1.69. The highest BCUT2D eigenvalue weighted by Gasteiger charge is 2.19. The van der Waals surface area contributed by atoms with Crippen LogP contribution in [0.4, 0.5) is 0 Å². The summed E-state index contributed by atoms with van der Waals surface area (Å²) < 4.78 is 5.71. The van der Waals surface area contributed by atoms with Crippen LogP contribution in [0.2, 0.25) is 0 Å². The fourth-order valence-electron chi connectivity index (χ4n) is 2.35. The molecule has 0 aliphatic carbocycles. The standard InChI is InChI=1S/C18H24N2O3/c1-13-5-7-14(8-6-13)15-11-19-16(23-15)9-10-17(21)20(4)12-18(2,3)22/h5-8,11,22H,9-10,12H2,1-4H3. The van der Waals surface area contributed by atoms with Gasteiger partial charge < -0.3 is 14.4 Å². The van der Waals surface area contributed by atoms with E-state index in [2.05, 4.69) is 4.98 Å². The van der Waals surface area contributed by atoms with Gasteiger partial charge in [0.1, 0.15) is 0 Å². The Hall–Kier alpha value is -2.14. The molecule has 23 heavy (non-hydrogen) atoms. The van der Waals surface area contributed by atoms with Crippen LogP contribution in [0.1, 0.15) is 31.7 Å². The lowest BCUT2D eigenvalue weighted by atomic mass is 10.1. The molecule has 124 valence electrons. The maximum absolute atomic E-state index is 12.1. The number of likely N-dealkylation sites (N-methyl/N-ethyl adjacent to an activating group) is 1. The van der Waals surface area contributed by atoms with Gasteiger partial charge in [0.15, 0.2) is 11.7 Å². The SMILES string of the molecule is Cc1ccc(-c2cnc(CCC(=O)N(C)CC(C)(C)O)o2)cc1. The lowest BCUT2D eigenvalue weighted by Crippen LogP contribution is -2.39. The second-order valence-electron chi connectivity index (χ2n) is 6.55. The van der Waals surface area contributed by atoms with E-state index < -0.39 is 5.60 Å². The number of carbonyl (C=O) groups is 1. The molecule has 2 rings (SSSR count). The lowest BCUT2D eigenvalue weighted by Gasteiger charge is -2.25. The number of aryl methyl sites for hydroxylation is 2. The molecular formula is C18H24N2O3. The van der Waals surface area contributed by atoms with Crippen molar-refractivity contribution in [3.8, 4) is 11.3 Å². The van der Waals surface area contributed by atoms with E-state index in [1.165, 1.54) is 10.5 Å². The Morgan fingerprint density at radius 2 is 1.96 bits per heavy atom. The van der Waals surface area contributed by atoms with Crippen molar-refractivity contribution in [2.24, 2.45) is 0 Å². The van der Waals surface area contributed by atoms with Crippen LogP contribution in [-0.2, 0) is 11.2 Å². The Labute approximate surface area is 137 Å². The molecular weight excluding hydrogens is 292 g/mol. The monoisotopic (exact) mass is 316 g/mol. The Kier molecular flexibility index (Phi) is 5.21. The van der Waals surface area contributed by atoms with Crippen LogP contribution in [0.15, 0.2) is 34.9 Å². The minimum atomic E-state index is -0.897. The Balaban J connectivity index is 1.92. The van der Waals surface area contributed by atoms with Crippen LogP contribution in [0.5, 0.6) is 0 Å². The molecule has 1 aromatic carbocycles. The van der Waals surface area contributed by atoms with Crippen molar-refractivity contribution in [1.82, 2.24) is 9.88 Å². The predicted molar refractivity (Wildman–Crippen MR) is 88.9 cm³/mol. The number of aromatic nitrogens is 1. The minimum absolute atomic E-state index is 0.0396. The summed E-state index contributed by atoms with van der Waals surface area (Å²) in [6.45, 7) is 5.69. The summed E-state index contributed by atoms with van der Waals surface area (Å²) >= 11 is 0. The van der Waals surface area contributed by atoms with E-state index >= 15 is 0 Å².